The molecule has 0 aliphatic carbocycles. The first-order chi connectivity index (χ1) is 17.7. The molecule has 10 heteroatoms. The molecule has 204 valence electrons. The van der Waals surface area contributed by atoms with Crippen molar-refractivity contribution in [1.82, 2.24) is 15.2 Å². The summed E-state index contributed by atoms with van der Waals surface area (Å²) < 4.78 is 39.2. The third-order valence-electron chi connectivity index (χ3n) is 6.11. The molecule has 0 saturated carbocycles. The maximum absolute atomic E-state index is 13.1. The van der Waals surface area contributed by atoms with E-state index in [4.69, 9.17) is 5.73 Å². The average molecular weight is 531 g/mol. The lowest BCUT2D eigenvalue weighted by atomic mass is 9.93. The summed E-state index contributed by atoms with van der Waals surface area (Å²) in [6.45, 7) is 4.26. The number of β-amino-alcohol motifs (C(OH)–C–C–N with tert-alkyl or cyclic N) is 1. The number of phenols is 1. The number of aliphatic hydroxyl groups is 1. The number of carbonyl (C=O) groups is 1. The van der Waals surface area contributed by atoms with E-state index in [-0.39, 0.29) is 30.0 Å². The van der Waals surface area contributed by atoms with Crippen LogP contribution in [0.2, 0.25) is 0 Å². The number of aromatic hydroxyl groups is 1. The number of amides is 1. The molecule has 0 aliphatic rings. The first kappa shape index (κ1) is 28.9. The zero-order valence-electron chi connectivity index (χ0n) is 21.6. The van der Waals surface area contributed by atoms with Crippen molar-refractivity contribution in [3.63, 3.8) is 0 Å². The van der Waals surface area contributed by atoms with Crippen LogP contribution < -0.4 is 11.1 Å². The van der Waals surface area contributed by atoms with Crippen LogP contribution in [0.3, 0.4) is 0 Å². The molecule has 0 fully saturated rings. The van der Waals surface area contributed by atoms with E-state index < -0.39 is 23.6 Å². The van der Waals surface area contributed by atoms with Gasteiger partial charge in [-0.2, -0.15) is 13.2 Å². The standard InChI is InChI=1S/C28H33F3N4O3/c1-27(2,34-16-24(37)21-7-8-25(32)33-15-21)14-19-6-4-5-18(9-19)12-26(38)35(3)17-20-10-22(28(29,30)31)13-23(36)11-20/h4-11,13,15,24,34,36-37H,12,14,16-17H2,1-3H3,(H2,32,33)/t24-/m0/s1. The van der Waals surface area contributed by atoms with E-state index in [0.717, 1.165) is 17.2 Å². The number of phenolic OH excluding ortho intramolecular Hbond substituents is 1. The minimum atomic E-state index is -4.59. The Hall–Kier alpha value is -3.63. The van der Waals surface area contributed by atoms with Gasteiger partial charge in [0.25, 0.3) is 0 Å². The van der Waals surface area contributed by atoms with Gasteiger partial charge >= 0.3 is 6.18 Å². The number of nitrogens with zero attached hydrogens (tertiary/aromatic N) is 2. The lowest BCUT2D eigenvalue weighted by Crippen LogP contribution is -2.43. The average Bonchev–Trinajstić information content (AvgIpc) is 2.82. The number of halogens is 3. The maximum atomic E-state index is 13.1. The Morgan fingerprint density at radius 3 is 2.45 bits per heavy atom. The quantitative estimate of drug-likeness (QED) is 0.312. The van der Waals surface area contributed by atoms with Gasteiger partial charge < -0.3 is 26.2 Å². The van der Waals surface area contributed by atoms with Crippen molar-refractivity contribution >= 4 is 11.7 Å². The highest BCUT2D eigenvalue weighted by molar-refractivity contribution is 5.78. The zero-order chi connectivity index (χ0) is 28.1. The summed E-state index contributed by atoms with van der Waals surface area (Å²) in [5.74, 6) is -0.386. The topological polar surface area (TPSA) is 112 Å². The fourth-order valence-electron chi connectivity index (χ4n) is 4.13. The molecule has 1 atom stereocenters. The van der Waals surface area contributed by atoms with Crippen molar-refractivity contribution in [2.24, 2.45) is 0 Å². The SMILES string of the molecule is CN(Cc1cc(O)cc(C(F)(F)F)c1)C(=O)Cc1cccc(CC(C)(C)NC[C@H](O)c2ccc(N)nc2)c1. The minimum Gasteiger partial charge on any atom is -0.508 e. The number of nitrogens with two attached hydrogens (primary N) is 1. The Kier molecular flexibility index (Phi) is 9.01. The van der Waals surface area contributed by atoms with Crippen LogP contribution in [0.15, 0.2) is 60.8 Å². The number of nitrogen functional groups attached to an aromatic ring is 1. The predicted molar refractivity (Wildman–Crippen MR) is 139 cm³/mol. The van der Waals surface area contributed by atoms with Crippen molar-refractivity contribution < 1.29 is 28.2 Å². The van der Waals surface area contributed by atoms with Gasteiger partial charge in [0.05, 0.1) is 18.1 Å². The van der Waals surface area contributed by atoms with Gasteiger partial charge in [0, 0.05) is 37.4 Å². The van der Waals surface area contributed by atoms with Crippen molar-refractivity contribution in [2.75, 3.05) is 19.3 Å². The number of hydrogen-bond acceptors (Lipinski definition) is 6. The van der Waals surface area contributed by atoms with Gasteiger partial charge in [0.1, 0.15) is 11.6 Å². The van der Waals surface area contributed by atoms with Crippen molar-refractivity contribution in [3.05, 3.63) is 88.6 Å². The van der Waals surface area contributed by atoms with Crippen LogP contribution in [0.25, 0.3) is 0 Å². The summed E-state index contributed by atoms with van der Waals surface area (Å²) in [6, 6.07) is 13.7. The number of likely N-dealkylation sites (N-methyl/N-ethyl adjacent to an activating group) is 1. The van der Waals surface area contributed by atoms with Gasteiger partial charge in [-0.15, -0.1) is 0 Å². The number of anilines is 1. The summed E-state index contributed by atoms with van der Waals surface area (Å²) in [4.78, 5) is 18.1. The number of pyridine rings is 1. The molecule has 0 aliphatic heterocycles. The number of carbonyl (C=O) groups excluding carboxylic acids is 1. The fourth-order valence-corrected chi connectivity index (χ4v) is 4.13. The van der Waals surface area contributed by atoms with E-state index in [1.165, 1.54) is 18.0 Å². The van der Waals surface area contributed by atoms with E-state index in [2.05, 4.69) is 10.3 Å². The molecular formula is C28H33F3N4O3. The lowest BCUT2D eigenvalue weighted by Gasteiger charge is -2.28. The number of aromatic nitrogens is 1. The molecule has 0 spiro atoms. The molecule has 2 aromatic carbocycles. The predicted octanol–water partition coefficient (Wildman–Crippen LogP) is 4.23. The highest BCUT2D eigenvalue weighted by Crippen LogP contribution is 2.32. The molecule has 1 heterocycles. The Morgan fingerprint density at radius 2 is 1.79 bits per heavy atom. The van der Waals surface area contributed by atoms with E-state index >= 15 is 0 Å². The van der Waals surface area contributed by atoms with Gasteiger partial charge in [-0.3, -0.25) is 4.79 Å². The van der Waals surface area contributed by atoms with Crippen LogP contribution in [-0.4, -0.2) is 45.1 Å². The molecule has 1 aromatic heterocycles. The molecule has 3 rings (SSSR count). The highest BCUT2D eigenvalue weighted by atomic mass is 19.4. The fraction of sp³-hybridized carbons (Fsp3) is 0.357. The van der Waals surface area contributed by atoms with Gasteiger partial charge in [0.2, 0.25) is 5.91 Å². The van der Waals surface area contributed by atoms with Crippen LogP contribution >= 0.6 is 0 Å². The molecule has 0 saturated heterocycles. The molecule has 0 unspecified atom stereocenters. The third-order valence-corrected chi connectivity index (χ3v) is 6.11. The zero-order valence-corrected chi connectivity index (χ0v) is 21.6. The Balaban J connectivity index is 1.58. The largest absolute Gasteiger partial charge is 0.508 e. The van der Waals surface area contributed by atoms with Crippen LogP contribution in [0.4, 0.5) is 19.0 Å². The van der Waals surface area contributed by atoms with Crippen LogP contribution in [0.1, 0.15) is 47.8 Å². The Morgan fingerprint density at radius 1 is 1.08 bits per heavy atom. The highest BCUT2D eigenvalue weighted by Gasteiger charge is 2.31. The number of hydrogen-bond donors (Lipinski definition) is 4. The summed E-state index contributed by atoms with van der Waals surface area (Å²) in [5, 5.41) is 23.5. The summed E-state index contributed by atoms with van der Waals surface area (Å²) in [7, 11) is 1.51. The van der Waals surface area contributed by atoms with Crippen LogP contribution in [0, 0.1) is 0 Å². The molecule has 38 heavy (non-hydrogen) atoms. The monoisotopic (exact) mass is 530 g/mol. The number of alkyl halides is 3. The van der Waals surface area contributed by atoms with Crippen LogP contribution in [0.5, 0.6) is 5.75 Å². The first-order valence-electron chi connectivity index (χ1n) is 12.1. The third kappa shape index (κ3) is 8.46. The van der Waals surface area contributed by atoms with Gasteiger partial charge in [-0.05, 0) is 61.2 Å². The summed E-state index contributed by atoms with van der Waals surface area (Å²) in [6.07, 6.45) is -3.10. The van der Waals surface area contributed by atoms with Crippen molar-refractivity contribution in [1.29, 1.82) is 0 Å². The molecule has 3 aromatic rings. The summed E-state index contributed by atoms with van der Waals surface area (Å²) >= 11 is 0. The van der Waals surface area contributed by atoms with Gasteiger partial charge in [0.15, 0.2) is 0 Å². The maximum Gasteiger partial charge on any atom is 0.416 e. The van der Waals surface area contributed by atoms with E-state index in [9.17, 15) is 28.2 Å². The van der Waals surface area contributed by atoms with E-state index in [0.29, 0.717) is 30.4 Å². The van der Waals surface area contributed by atoms with Gasteiger partial charge in [-0.25, -0.2) is 4.98 Å². The van der Waals surface area contributed by atoms with Crippen molar-refractivity contribution in [3.8, 4) is 5.75 Å². The smallest absolute Gasteiger partial charge is 0.416 e. The summed E-state index contributed by atoms with van der Waals surface area (Å²) in [5.41, 5.74) is 6.87. The normalized spacial score (nSPS) is 12.8. The van der Waals surface area contributed by atoms with Gasteiger partial charge in [-0.1, -0.05) is 30.3 Å². The van der Waals surface area contributed by atoms with E-state index in [1.54, 1.807) is 18.3 Å². The molecular weight excluding hydrogens is 497 g/mol. The molecule has 5 N–H and O–H groups in total. The second-order valence-corrected chi connectivity index (χ2v) is 10.1. The Labute approximate surface area is 220 Å². The van der Waals surface area contributed by atoms with Crippen LogP contribution in [-0.2, 0) is 30.4 Å². The lowest BCUT2D eigenvalue weighted by molar-refractivity contribution is -0.137. The number of nitrogens with one attached hydrogen (secondary N) is 1. The number of aliphatic hydroxyl groups excluding tert-OH is 1. The molecule has 1 amide bonds. The number of rotatable bonds is 10. The molecule has 7 nitrogen and oxygen atoms in total. The first-order valence-corrected chi connectivity index (χ1v) is 12.1. The Bertz CT molecular complexity index is 1250. The number of benzene rings is 2. The second-order valence-electron chi connectivity index (χ2n) is 10.1. The molecule has 0 radical (unpaired) electrons. The van der Waals surface area contributed by atoms with Crippen molar-refractivity contribution in [2.45, 2.75) is 51.1 Å². The minimum absolute atomic E-state index is 0.0706. The second kappa shape index (κ2) is 11.8. The molecule has 0 bridgehead atoms. The van der Waals surface area contributed by atoms with E-state index in [1.807, 2.05) is 38.1 Å².